The number of nitrogens with one attached hydrogen (secondary N) is 3. The van der Waals surface area contributed by atoms with Gasteiger partial charge in [-0.2, -0.15) is 0 Å². The molecule has 2 amide bonds. The van der Waals surface area contributed by atoms with Gasteiger partial charge in [0.15, 0.2) is 0 Å². The number of aromatic amines is 1. The third-order valence-corrected chi connectivity index (χ3v) is 5.74. The third-order valence-electron chi connectivity index (χ3n) is 5.74. The Morgan fingerprint density at radius 1 is 0.862 bits per heavy atom. The SMILES string of the molecule is O=C(NCCCc1ccccc1)C1(C(=O)NCCc2c[nH]c3ccccc23)CC1. The van der Waals surface area contributed by atoms with Crippen LogP contribution in [0.3, 0.4) is 0 Å². The first kappa shape index (κ1) is 19.2. The molecular formula is C24H27N3O2. The monoisotopic (exact) mass is 389 g/mol. The van der Waals surface area contributed by atoms with Crippen molar-refractivity contribution in [1.82, 2.24) is 15.6 Å². The zero-order valence-corrected chi connectivity index (χ0v) is 16.5. The Morgan fingerprint density at radius 2 is 1.55 bits per heavy atom. The maximum atomic E-state index is 12.6. The molecule has 1 aliphatic rings. The van der Waals surface area contributed by atoms with Gasteiger partial charge in [-0.1, -0.05) is 48.5 Å². The summed E-state index contributed by atoms with van der Waals surface area (Å²) in [6, 6.07) is 18.4. The van der Waals surface area contributed by atoms with E-state index in [4.69, 9.17) is 0 Å². The zero-order chi connectivity index (χ0) is 20.1. The van der Waals surface area contributed by atoms with Crippen LogP contribution in [-0.4, -0.2) is 29.9 Å². The third kappa shape index (κ3) is 4.34. The fourth-order valence-electron chi connectivity index (χ4n) is 3.81. The number of amides is 2. The van der Waals surface area contributed by atoms with Crippen LogP contribution in [0.5, 0.6) is 0 Å². The summed E-state index contributed by atoms with van der Waals surface area (Å²) >= 11 is 0. The summed E-state index contributed by atoms with van der Waals surface area (Å²) in [5.41, 5.74) is 2.68. The number of H-pyrrole nitrogens is 1. The van der Waals surface area contributed by atoms with Crippen molar-refractivity contribution in [2.24, 2.45) is 5.41 Å². The number of rotatable bonds is 9. The van der Waals surface area contributed by atoms with E-state index in [0.717, 1.165) is 24.8 Å². The molecule has 1 aliphatic carbocycles. The maximum absolute atomic E-state index is 12.6. The molecule has 0 bridgehead atoms. The molecule has 0 saturated heterocycles. The van der Waals surface area contributed by atoms with Crippen molar-refractivity contribution in [3.05, 3.63) is 71.9 Å². The van der Waals surface area contributed by atoms with Crippen molar-refractivity contribution in [2.45, 2.75) is 32.1 Å². The standard InChI is InChI=1S/C24H27N3O2/c28-22(25-15-6-9-18-7-2-1-3-8-18)24(13-14-24)23(29)26-16-12-19-17-27-21-11-5-4-10-20(19)21/h1-5,7-8,10-11,17,27H,6,9,12-16H2,(H,25,28)(H,26,29). The van der Waals surface area contributed by atoms with E-state index in [0.29, 0.717) is 25.9 Å². The average molecular weight is 389 g/mol. The highest BCUT2D eigenvalue weighted by molar-refractivity contribution is 6.07. The molecule has 1 saturated carbocycles. The topological polar surface area (TPSA) is 74.0 Å². The van der Waals surface area contributed by atoms with E-state index >= 15 is 0 Å². The fourth-order valence-corrected chi connectivity index (χ4v) is 3.81. The van der Waals surface area contributed by atoms with Gasteiger partial charge >= 0.3 is 0 Å². The lowest BCUT2D eigenvalue weighted by atomic mass is 10.0. The van der Waals surface area contributed by atoms with Gasteiger partial charge in [0.25, 0.3) is 0 Å². The lowest BCUT2D eigenvalue weighted by molar-refractivity contribution is -0.137. The number of carbonyl (C=O) groups excluding carboxylic acids is 2. The first-order valence-electron chi connectivity index (χ1n) is 10.3. The van der Waals surface area contributed by atoms with E-state index in [-0.39, 0.29) is 11.8 Å². The fraction of sp³-hybridized carbons (Fsp3) is 0.333. The average Bonchev–Trinajstić information content (AvgIpc) is 3.48. The Bertz CT molecular complexity index is 990. The second kappa shape index (κ2) is 8.52. The molecule has 150 valence electrons. The van der Waals surface area contributed by atoms with Crippen LogP contribution in [-0.2, 0) is 22.4 Å². The highest BCUT2D eigenvalue weighted by Gasteiger charge is 2.56. The minimum atomic E-state index is -0.854. The second-order valence-electron chi connectivity index (χ2n) is 7.79. The summed E-state index contributed by atoms with van der Waals surface area (Å²) < 4.78 is 0. The highest BCUT2D eigenvalue weighted by Crippen LogP contribution is 2.46. The molecule has 4 rings (SSSR count). The highest BCUT2D eigenvalue weighted by atomic mass is 16.2. The zero-order valence-electron chi connectivity index (χ0n) is 16.5. The number of hydrogen-bond acceptors (Lipinski definition) is 2. The lowest BCUT2D eigenvalue weighted by Gasteiger charge is -2.15. The molecule has 1 heterocycles. The van der Waals surface area contributed by atoms with Crippen molar-refractivity contribution in [2.75, 3.05) is 13.1 Å². The number of aryl methyl sites for hydroxylation is 1. The van der Waals surface area contributed by atoms with Gasteiger partial charge in [0.1, 0.15) is 5.41 Å². The Labute approximate surface area is 170 Å². The van der Waals surface area contributed by atoms with Crippen molar-refractivity contribution >= 4 is 22.7 Å². The van der Waals surface area contributed by atoms with Crippen LogP contribution in [0.25, 0.3) is 10.9 Å². The van der Waals surface area contributed by atoms with Crippen molar-refractivity contribution in [1.29, 1.82) is 0 Å². The molecule has 0 radical (unpaired) electrons. The lowest BCUT2D eigenvalue weighted by Crippen LogP contribution is -2.43. The molecule has 0 unspecified atom stereocenters. The van der Waals surface area contributed by atoms with E-state index in [9.17, 15) is 9.59 Å². The van der Waals surface area contributed by atoms with Gasteiger partial charge in [0, 0.05) is 30.2 Å². The minimum Gasteiger partial charge on any atom is -0.361 e. The van der Waals surface area contributed by atoms with Crippen LogP contribution in [0.15, 0.2) is 60.8 Å². The number of carbonyl (C=O) groups is 2. The molecule has 2 aromatic carbocycles. The minimum absolute atomic E-state index is 0.129. The predicted octanol–water partition coefficient (Wildman–Crippen LogP) is 3.36. The second-order valence-corrected chi connectivity index (χ2v) is 7.79. The van der Waals surface area contributed by atoms with Gasteiger partial charge < -0.3 is 15.6 Å². The molecule has 1 fully saturated rings. The Morgan fingerprint density at radius 3 is 2.31 bits per heavy atom. The molecule has 5 nitrogen and oxygen atoms in total. The first-order valence-corrected chi connectivity index (χ1v) is 10.3. The summed E-state index contributed by atoms with van der Waals surface area (Å²) in [7, 11) is 0. The van der Waals surface area contributed by atoms with Crippen molar-refractivity contribution < 1.29 is 9.59 Å². The molecule has 3 aromatic rings. The van der Waals surface area contributed by atoms with E-state index in [1.807, 2.05) is 42.6 Å². The van der Waals surface area contributed by atoms with Crippen LogP contribution in [0.2, 0.25) is 0 Å². The smallest absolute Gasteiger partial charge is 0.235 e. The van der Waals surface area contributed by atoms with Gasteiger partial charge in [-0.15, -0.1) is 0 Å². The normalized spacial score (nSPS) is 14.5. The predicted molar refractivity (Wildman–Crippen MR) is 114 cm³/mol. The van der Waals surface area contributed by atoms with Crippen molar-refractivity contribution in [3.63, 3.8) is 0 Å². The van der Waals surface area contributed by atoms with E-state index in [1.54, 1.807) is 0 Å². The summed E-state index contributed by atoms with van der Waals surface area (Å²) in [5.74, 6) is -0.270. The van der Waals surface area contributed by atoms with Gasteiger partial charge in [-0.25, -0.2) is 0 Å². The van der Waals surface area contributed by atoms with Crippen molar-refractivity contribution in [3.8, 4) is 0 Å². The van der Waals surface area contributed by atoms with E-state index in [2.05, 4.69) is 33.8 Å². The van der Waals surface area contributed by atoms with Crippen LogP contribution in [0.4, 0.5) is 0 Å². The molecule has 29 heavy (non-hydrogen) atoms. The molecule has 3 N–H and O–H groups in total. The maximum Gasteiger partial charge on any atom is 0.235 e. The van der Waals surface area contributed by atoms with E-state index < -0.39 is 5.41 Å². The van der Waals surface area contributed by atoms with Gasteiger partial charge in [-0.3, -0.25) is 9.59 Å². The van der Waals surface area contributed by atoms with Crippen LogP contribution >= 0.6 is 0 Å². The summed E-state index contributed by atoms with van der Waals surface area (Å²) in [6.45, 7) is 1.13. The summed E-state index contributed by atoms with van der Waals surface area (Å²) in [4.78, 5) is 28.5. The largest absolute Gasteiger partial charge is 0.361 e. The number of benzene rings is 2. The van der Waals surface area contributed by atoms with Crippen LogP contribution in [0.1, 0.15) is 30.4 Å². The van der Waals surface area contributed by atoms with Gasteiger partial charge in [0.2, 0.25) is 11.8 Å². The molecule has 0 atom stereocenters. The summed E-state index contributed by atoms with van der Waals surface area (Å²) in [5, 5.41) is 7.11. The number of hydrogen-bond donors (Lipinski definition) is 3. The molecule has 0 aliphatic heterocycles. The summed E-state index contributed by atoms with van der Waals surface area (Å²) in [6.07, 6.45) is 5.79. The number of aromatic nitrogens is 1. The first-order chi connectivity index (χ1) is 14.2. The Hall–Kier alpha value is -3.08. The van der Waals surface area contributed by atoms with Crippen LogP contribution < -0.4 is 10.6 Å². The Balaban J connectivity index is 1.22. The molecule has 0 spiro atoms. The Kier molecular flexibility index (Phi) is 5.65. The number of para-hydroxylation sites is 1. The number of fused-ring (bicyclic) bond motifs is 1. The molecule has 1 aromatic heterocycles. The molecule has 5 heteroatoms. The van der Waals surface area contributed by atoms with Crippen LogP contribution in [0, 0.1) is 5.41 Å². The van der Waals surface area contributed by atoms with Gasteiger partial charge in [0.05, 0.1) is 0 Å². The van der Waals surface area contributed by atoms with Gasteiger partial charge in [-0.05, 0) is 49.3 Å². The molecular weight excluding hydrogens is 362 g/mol. The van der Waals surface area contributed by atoms with E-state index in [1.165, 1.54) is 16.5 Å². The quantitative estimate of drug-likeness (QED) is 0.388.